The number of hydrogen-bond acceptors (Lipinski definition) is 4. The zero-order chi connectivity index (χ0) is 20.3. The number of halogens is 1. The molecule has 1 aromatic rings. The average molecular weight is 393 g/mol. The Kier molecular flexibility index (Phi) is 6.87. The fourth-order valence-corrected chi connectivity index (χ4v) is 4.60. The molecule has 2 aliphatic rings. The Morgan fingerprint density at radius 3 is 2.61 bits per heavy atom. The fourth-order valence-electron chi connectivity index (χ4n) is 4.60. The molecule has 0 N–H and O–H groups in total. The Bertz CT molecular complexity index is 659. The SMILES string of the molecule is COc1cc2c(cc1OCCCCF)CCN1C[C@@H](CC(C)(C)C)N(C)CC21. The van der Waals surface area contributed by atoms with E-state index in [0.717, 1.165) is 44.0 Å². The summed E-state index contributed by atoms with van der Waals surface area (Å²) in [5, 5.41) is 0. The number of piperazine rings is 1. The topological polar surface area (TPSA) is 24.9 Å². The van der Waals surface area contributed by atoms with Gasteiger partial charge in [-0.3, -0.25) is 9.29 Å². The van der Waals surface area contributed by atoms with E-state index in [9.17, 15) is 4.39 Å². The number of likely N-dealkylation sites (N-methyl/N-ethyl adjacent to an activating group) is 1. The second-order valence-electron chi connectivity index (χ2n) is 9.57. The lowest BCUT2D eigenvalue weighted by Gasteiger charge is -2.49. The van der Waals surface area contributed by atoms with Crippen LogP contribution in [0.3, 0.4) is 0 Å². The Balaban J connectivity index is 1.76. The maximum Gasteiger partial charge on any atom is 0.161 e. The van der Waals surface area contributed by atoms with E-state index in [4.69, 9.17) is 9.47 Å². The molecule has 1 aromatic carbocycles. The number of nitrogens with zero attached hydrogens (tertiary/aromatic N) is 2. The number of benzene rings is 1. The summed E-state index contributed by atoms with van der Waals surface area (Å²) in [6.07, 6.45) is 3.54. The highest BCUT2D eigenvalue weighted by Crippen LogP contribution is 2.41. The lowest BCUT2D eigenvalue weighted by atomic mass is 9.84. The third-order valence-corrected chi connectivity index (χ3v) is 6.06. The highest BCUT2D eigenvalue weighted by Gasteiger charge is 2.37. The van der Waals surface area contributed by atoms with Gasteiger partial charge in [0.1, 0.15) is 0 Å². The van der Waals surface area contributed by atoms with Gasteiger partial charge in [-0.15, -0.1) is 0 Å². The first-order valence-corrected chi connectivity index (χ1v) is 10.7. The van der Waals surface area contributed by atoms with Crippen molar-refractivity contribution in [1.29, 1.82) is 0 Å². The lowest BCUT2D eigenvalue weighted by molar-refractivity contribution is 0.0213. The van der Waals surface area contributed by atoms with Crippen LogP contribution in [-0.2, 0) is 6.42 Å². The number of unbranched alkanes of at least 4 members (excludes halogenated alkanes) is 1. The second-order valence-corrected chi connectivity index (χ2v) is 9.57. The van der Waals surface area contributed by atoms with Crippen LogP contribution >= 0.6 is 0 Å². The number of fused-ring (bicyclic) bond motifs is 3. The molecule has 158 valence electrons. The molecule has 1 saturated heterocycles. The van der Waals surface area contributed by atoms with Crippen molar-refractivity contribution in [2.24, 2.45) is 5.41 Å². The highest BCUT2D eigenvalue weighted by atomic mass is 19.1. The van der Waals surface area contributed by atoms with Crippen molar-refractivity contribution in [3.63, 3.8) is 0 Å². The van der Waals surface area contributed by atoms with Gasteiger partial charge in [-0.1, -0.05) is 20.8 Å². The molecular formula is C23H37FN2O2. The van der Waals surface area contributed by atoms with Gasteiger partial charge in [0.2, 0.25) is 0 Å². The van der Waals surface area contributed by atoms with E-state index < -0.39 is 0 Å². The molecular weight excluding hydrogens is 355 g/mol. The van der Waals surface area contributed by atoms with Gasteiger partial charge in [0.25, 0.3) is 0 Å². The van der Waals surface area contributed by atoms with Crippen LogP contribution in [-0.4, -0.2) is 62.9 Å². The van der Waals surface area contributed by atoms with Crippen LogP contribution in [0.25, 0.3) is 0 Å². The summed E-state index contributed by atoms with van der Waals surface area (Å²) in [5.74, 6) is 1.59. The molecule has 1 unspecified atom stereocenters. The molecule has 2 heterocycles. The molecule has 0 aliphatic carbocycles. The van der Waals surface area contributed by atoms with E-state index in [-0.39, 0.29) is 6.67 Å². The third-order valence-electron chi connectivity index (χ3n) is 6.06. The van der Waals surface area contributed by atoms with Gasteiger partial charge in [-0.2, -0.15) is 0 Å². The number of alkyl halides is 1. The first kappa shape index (κ1) is 21.4. The maximum absolute atomic E-state index is 12.3. The minimum absolute atomic E-state index is 0.286. The molecule has 1 fully saturated rings. The standard InChI is InChI=1S/C23H37FN2O2/c1-23(2,3)14-18-15-26-10-8-17-12-22(28-11-7-6-9-24)21(27-5)13-19(17)20(26)16-25(18)4/h12-13,18,20H,6-11,14-16H2,1-5H3/t18-,20?/m1/s1. The van der Waals surface area contributed by atoms with Crippen molar-refractivity contribution in [3.8, 4) is 11.5 Å². The van der Waals surface area contributed by atoms with Crippen LogP contribution in [0.15, 0.2) is 12.1 Å². The number of hydrogen-bond donors (Lipinski definition) is 0. The van der Waals surface area contributed by atoms with Crippen LogP contribution in [0, 0.1) is 5.41 Å². The van der Waals surface area contributed by atoms with Gasteiger partial charge >= 0.3 is 0 Å². The molecule has 2 atom stereocenters. The molecule has 0 radical (unpaired) electrons. The average Bonchev–Trinajstić information content (AvgIpc) is 2.64. The Labute approximate surface area is 170 Å². The monoisotopic (exact) mass is 392 g/mol. The summed E-state index contributed by atoms with van der Waals surface area (Å²) < 4.78 is 23.8. The predicted molar refractivity (Wildman–Crippen MR) is 112 cm³/mol. The number of methoxy groups -OCH3 is 1. The Hall–Kier alpha value is -1.33. The van der Waals surface area contributed by atoms with E-state index >= 15 is 0 Å². The van der Waals surface area contributed by atoms with Crippen molar-refractivity contribution in [1.82, 2.24) is 9.80 Å². The summed E-state index contributed by atoms with van der Waals surface area (Å²) in [6.45, 7) is 10.5. The first-order valence-electron chi connectivity index (χ1n) is 10.7. The first-order chi connectivity index (χ1) is 13.3. The lowest BCUT2D eigenvalue weighted by Crippen LogP contribution is -2.55. The van der Waals surface area contributed by atoms with Crippen LogP contribution in [0.4, 0.5) is 4.39 Å². The Morgan fingerprint density at radius 1 is 1.14 bits per heavy atom. The highest BCUT2D eigenvalue weighted by molar-refractivity contribution is 5.49. The van der Waals surface area contributed by atoms with Crippen LogP contribution in [0.1, 0.15) is 57.2 Å². The van der Waals surface area contributed by atoms with E-state index in [2.05, 4.69) is 49.8 Å². The van der Waals surface area contributed by atoms with Gasteiger partial charge in [0, 0.05) is 31.7 Å². The number of rotatable bonds is 7. The van der Waals surface area contributed by atoms with Crippen molar-refractivity contribution in [3.05, 3.63) is 23.3 Å². The zero-order valence-electron chi connectivity index (χ0n) is 18.3. The van der Waals surface area contributed by atoms with Gasteiger partial charge in [0.15, 0.2) is 11.5 Å². The molecule has 0 bridgehead atoms. The normalized spacial score (nSPS) is 23.2. The molecule has 28 heavy (non-hydrogen) atoms. The quantitative estimate of drug-likeness (QED) is 0.639. The number of ether oxygens (including phenoxy) is 2. The molecule has 0 aromatic heterocycles. The van der Waals surface area contributed by atoms with Crippen molar-refractivity contribution in [2.75, 3.05) is 47.1 Å². The molecule has 0 amide bonds. The van der Waals surface area contributed by atoms with Gasteiger partial charge in [0.05, 0.1) is 20.4 Å². The summed E-state index contributed by atoms with van der Waals surface area (Å²) >= 11 is 0. The largest absolute Gasteiger partial charge is 0.493 e. The van der Waals surface area contributed by atoms with Gasteiger partial charge < -0.3 is 14.4 Å². The van der Waals surface area contributed by atoms with Gasteiger partial charge in [-0.25, -0.2) is 0 Å². The van der Waals surface area contributed by atoms with E-state index in [1.807, 2.05) is 0 Å². The predicted octanol–water partition coefficient (Wildman–Crippen LogP) is 4.47. The van der Waals surface area contributed by atoms with E-state index in [0.29, 0.717) is 30.5 Å². The van der Waals surface area contributed by atoms with Crippen molar-refractivity contribution >= 4 is 0 Å². The zero-order valence-corrected chi connectivity index (χ0v) is 18.3. The molecule has 0 spiro atoms. The molecule has 4 nitrogen and oxygen atoms in total. The molecule has 5 heteroatoms. The summed E-state index contributed by atoms with van der Waals surface area (Å²) in [7, 11) is 3.96. The van der Waals surface area contributed by atoms with Crippen LogP contribution < -0.4 is 9.47 Å². The minimum Gasteiger partial charge on any atom is -0.493 e. The molecule has 0 saturated carbocycles. The minimum atomic E-state index is -0.286. The maximum atomic E-state index is 12.3. The summed E-state index contributed by atoms with van der Waals surface area (Å²) in [5.41, 5.74) is 3.09. The summed E-state index contributed by atoms with van der Waals surface area (Å²) in [6, 6.07) is 5.36. The molecule has 3 rings (SSSR count). The van der Waals surface area contributed by atoms with E-state index in [1.165, 1.54) is 17.5 Å². The summed E-state index contributed by atoms with van der Waals surface area (Å²) in [4.78, 5) is 5.19. The van der Waals surface area contributed by atoms with E-state index in [1.54, 1.807) is 7.11 Å². The van der Waals surface area contributed by atoms with Gasteiger partial charge in [-0.05, 0) is 61.4 Å². The molecule has 2 aliphatic heterocycles. The third kappa shape index (κ3) is 4.98. The van der Waals surface area contributed by atoms with Crippen LogP contribution in [0.5, 0.6) is 11.5 Å². The van der Waals surface area contributed by atoms with Crippen molar-refractivity contribution in [2.45, 2.75) is 58.5 Å². The van der Waals surface area contributed by atoms with Crippen molar-refractivity contribution < 1.29 is 13.9 Å². The Morgan fingerprint density at radius 2 is 1.93 bits per heavy atom. The van der Waals surface area contributed by atoms with Crippen LogP contribution in [0.2, 0.25) is 0 Å². The smallest absolute Gasteiger partial charge is 0.161 e. The fraction of sp³-hybridized carbons (Fsp3) is 0.739. The second kappa shape index (κ2) is 9.00.